The molecule has 3 atom stereocenters. The second-order valence-electron chi connectivity index (χ2n) is 8.37. The van der Waals surface area contributed by atoms with Crippen molar-refractivity contribution in [1.82, 2.24) is 9.80 Å². The fraction of sp³-hybridized carbons (Fsp3) is 0.478. The molecular weight excluding hydrogens is 304 g/mol. The molecule has 2 saturated heterocycles. The molecule has 3 unspecified atom stereocenters. The third-order valence-corrected chi connectivity index (χ3v) is 6.89. The normalized spacial score (nSPS) is 29.1. The van der Waals surface area contributed by atoms with Gasteiger partial charge in [0.25, 0.3) is 0 Å². The highest BCUT2D eigenvalue weighted by Crippen LogP contribution is 2.38. The minimum absolute atomic E-state index is 0.538. The lowest BCUT2D eigenvalue weighted by Gasteiger charge is -2.43. The topological polar surface area (TPSA) is 6.48 Å². The SMILES string of the molecule is Cc1ccc2c(c1)CC(N1CC3CCC(C1)N3C)c1ccccc1C2. The van der Waals surface area contributed by atoms with Gasteiger partial charge in [-0.2, -0.15) is 0 Å². The number of fused-ring (bicyclic) bond motifs is 4. The van der Waals surface area contributed by atoms with E-state index in [2.05, 4.69) is 66.2 Å². The van der Waals surface area contributed by atoms with Crippen molar-refractivity contribution < 1.29 is 0 Å². The lowest BCUT2D eigenvalue weighted by Crippen LogP contribution is -2.53. The summed E-state index contributed by atoms with van der Waals surface area (Å²) in [6.45, 7) is 4.68. The number of likely N-dealkylation sites (tertiary alicyclic amines) is 1. The maximum absolute atomic E-state index is 2.80. The lowest BCUT2D eigenvalue weighted by atomic mass is 9.95. The summed E-state index contributed by atoms with van der Waals surface area (Å²) < 4.78 is 0. The van der Waals surface area contributed by atoms with Crippen molar-refractivity contribution in [2.45, 2.75) is 50.7 Å². The summed E-state index contributed by atoms with van der Waals surface area (Å²) in [5, 5.41) is 0. The van der Waals surface area contributed by atoms with Crippen LogP contribution in [-0.2, 0) is 12.8 Å². The number of hydrogen-bond acceptors (Lipinski definition) is 2. The number of likely N-dealkylation sites (N-methyl/N-ethyl adjacent to an activating group) is 1. The van der Waals surface area contributed by atoms with Gasteiger partial charge in [-0.1, -0.05) is 48.0 Å². The van der Waals surface area contributed by atoms with Crippen LogP contribution in [0.15, 0.2) is 42.5 Å². The van der Waals surface area contributed by atoms with Gasteiger partial charge in [-0.15, -0.1) is 0 Å². The molecule has 0 amide bonds. The van der Waals surface area contributed by atoms with Gasteiger partial charge in [0.2, 0.25) is 0 Å². The number of piperazine rings is 1. The van der Waals surface area contributed by atoms with E-state index in [9.17, 15) is 0 Å². The van der Waals surface area contributed by atoms with Gasteiger partial charge in [0.1, 0.15) is 0 Å². The second-order valence-corrected chi connectivity index (χ2v) is 8.37. The van der Waals surface area contributed by atoms with E-state index < -0.39 is 0 Å². The van der Waals surface area contributed by atoms with Gasteiger partial charge >= 0.3 is 0 Å². The molecule has 5 rings (SSSR count). The Morgan fingerprint density at radius 1 is 0.880 bits per heavy atom. The molecule has 130 valence electrons. The Kier molecular flexibility index (Phi) is 3.72. The van der Waals surface area contributed by atoms with Crippen LogP contribution in [0.25, 0.3) is 0 Å². The van der Waals surface area contributed by atoms with E-state index in [0.29, 0.717) is 6.04 Å². The average molecular weight is 332 g/mol. The van der Waals surface area contributed by atoms with Gasteiger partial charge < -0.3 is 0 Å². The van der Waals surface area contributed by atoms with Crippen LogP contribution in [-0.4, -0.2) is 42.0 Å². The molecular formula is C23H28N2. The molecule has 0 radical (unpaired) electrons. The summed E-state index contributed by atoms with van der Waals surface area (Å²) in [5.41, 5.74) is 7.58. The van der Waals surface area contributed by atoms with Gasteiger partial charge in [0, 0.05) is 31.2 Å². The van der Waals surface area contributed by atoms with Crippen LogP contribution in [0.2, 0.25) is 0 Å². The van der Waals surface area contributed by atoms with Crippen LogP contribution >= 0.6 is 0 Å². The van der Waals surface area contributed by atoms with Gasteiger partial charge in [-0.25, -0.2) is 0 Å². The van der Waals surface area contributed by atoms with Crippen LogP contribution in [0.5, 0.6) is 0 Å². The van der Waals surface area contributed by atoms with Gasteiger partial charge in [0.15, 0.2) is 0 Å². The van der Waals surface area contributed by atoms with Gasteiger partial charge in [0.05, 0.1) is 0 Å². The first kappa shape index (κ1) is 15.6. The van der Waals surface area contributed by atoms with E-state index in [0.717, 1.165) is 24.9 Å². The molecule has 2 heteroatoms. The highest BCUT2D eigenvalue weighted by Gasteiger charge is 2.40. The van der Waals surface area contributed by atoms with Crippen molar-refractivity contribution in [2.75, 3.05) is 20.1 Å². The van der Waals surface area contributed by atoms with Crippen molar-refractivity contribution in [3.8, 4) is 0 Å². The first-order valence-corrected chi connectivity index (χ1v) is 9.81. The fourth-order valence-electron chi connectivity index (χ4n) is 5.39. The largest absolute Gasteiger partial charge is 0.298 e. The monoisotopic (exact) mass is 332 g/mol. The Labute approximate surface area is 151 Å². The predicted molar refractivity (Wildman–Crippen MR) is 103 cm³/mol. The quantitative estimate of drug-likeness (QED) is 0.780. The molecule has 2 heterocycles. The molecule has 0 saturated carbocycles. The molecule has 0 spiro atoms. The Hall–Kier alpha value is -1.64. The van der Waals surface area contributed by atoms with Gasteiger partial charge in [-0.3, -0.25) is 9.80 Å². The first-order valence-electron chi connectivity index (χ1n) is 9.81. The van der Waals surface area contributed by atoms with Crippen molar-refractivity contribution in [3.63, 3.8) is 0 Å². The summed E-state index contributed by atoms with van der Waals surface area (Å²) in [4.78, 5) is 5.44. The van der Waals surface area contributed by atoms with Gasteiger partial charge in [-0.05, 0) is 61.9 Å². The molecule has 3 aliphatic rings. The van der Waals surface area contributed by atoms with Crippen LogP contribution in [0.1, 0.15) is 46.7 Å². The summed E-state index contributed by atoms with van der Waals surface area (Å²) >= 11 is 0. The Bertz CT molecular complexity index is 782. The smallest absolute Gasteiger partial charge is 0.0392 e. The Morgan fingerprint density at radius 2 is 1.64 bits per heavy atom. The first-order chi connectivity index (χ1) is 12.2. The molecule has 2 aromatic rings. The third-order valence-electron chi connectivity index (χ3n) is 6.89. The number of nitrogens with zero attached hydrogens (tertiary/aromatic N) is 2. The van der Waals surface area contributed by atoms with Crippen LogP contribution in [0, 0.1) is 6.92 Å². The maximum Gasteiger partial charge on any atom is 0.0392 e. The van der Waals surface area contributed by atoms with Crippen LogP contribution in [0.3, 0.4) is 0 Å². The third kappa shape index (κ3) is 2.63. The predicted octanol–water partition coefficient (Wildman–Crippen LogP) is 3.96. The summed E-state index contributed by atoms with van der Waals surface area (Å²) in [5.74, 6) is 0. The zero-order valence-electron chi connectivity index (χ0n) is 15.4. The van der Waals surface area contributed by atoms with Crippen molar-refractivity contribution in [1.29, 1.82) is 0 Å². The summed E-state index contributed by atoms with van der Waals surface area (Å²) in [6, 6.07) is 18.3. The van der Waals surface area contributed by atoms with E-state index in [1.807, 2.05) is 0 Å². The van der Waals surface area contributed by atoms with E-state index in [4.69, 9.17) is 0 Å². The maximum atomic E-state index is 2.80. The van der Waals surface area contributed by atoms with E-state index in [-0.39, 0.29) is 0 Å². The molecule has 2 fully saturated rings. The summed E-state index contributed by atoms with van der Waals surface area (Å²) in [6.07, 6.45) is 5.00. The van der Waals surface area contributed by atoms with Crippen LogP contribution < -0.4 is 0 Å². The average Bonchev–Trinajstić information content (AvgIpc) is 2.81. The highest BCUT2D eigenvalue weighted by molar-refractivity contribution is 5.43. The molecule has 0 N–H and O–H groups in total. The number of rotatable bonds is 1. The molecule has 0 aromatic heterocycles. The molecule has 2 aliphatic heterocycles. The zero-order valence-corrected chi connectivity index (χ0v) is 15.4. The highest BCUT2D eigenvalue weighted by atomic mass is 15.3. The van der Waals surface area contributed by atoms with Crippen LogP contribution in [0.4, 0.5) is 0 Å². The molecule has 25 heavy (non-hydrogen) atoms. The number of benzene rings is 2. The minimum Gasteiger partial charge on any atom is -0.298 e. The lowest BCUT2D eigenvalue weighted by molar-refractivity contribution is 0.0572. The Balaban J connectivity index is 1.56. The zero-order chi connectivity index (χ0) is 17.0. The van der Waals surface area contributed by atoms with E-state index in [1.165, 1.54) is 42.6 Å². The van der Waals surface area contributed by atoms with Crippen molar-refractivity contribution in [2.24, 2.45) is 0 Å². The number of hydrogen-bond donors (Lipinski definition) is 0. The Morgan fingerprint density at radius 3 is 2.44 bits per heavy atom. The van der Waals surface area contributed by atoms with Crippen molar-refractivity contribution in [3.05, 3.63) is 70.3 Å². The molecule has 1 aliphatic carbocycles. The van der Waals surface area contributed by atoms with Crippen molar-refractivity contribution >= 4 is 0 Å². The van der Waals surface area contributed by atoms with E-state index >= 15 is 0 Å². The standard InChI is InChI=1S/C23H28N2/c1-16-7-8-17-12-18-5-3-4-6-22(18)23(13-19(17)11-16)25-14-20-9-10-21(15-25)24(20)2/h3-8,11,20-21,23H,9-10,12-15H2,1-2H3. The minimum atomic E-state index is 0.538. The fourth-order valence-corrected chi connectivity index (χ4v) is 5.39. The molecule has 2 aromatic carbocycles. The molecule has 2 bridgehead atoms. The van der Waals surface area contributed by atoms with E-state index in [1.54, 1.807) is 11.1 Å². The second kappa shape index (κ2) is 5.96. The molecule has 2 nitrogen and oxygen atoms in total. The summed E-state index contributed by atoms with van der Waals surface area (Å²) in [7, 11) is 2.33. The number of aryl methyl sites for hydroxylation is 1.